The fourth-order valence-electron chi connectivity index (χ4n) is 2.49. The van der Waals surface area contributed by atoms with Crippen molar-refractivity contribution < 1.29 is 14.3 Å². The number of para-hydroxylation sites is 1. The highest BCUT2D eigenvalue weighted by Crippen LogP contribution is 2.24. The number of esters is 1. The van der Waals surface area contributed by atoms with E-state index in [0.29, 0.717) is 11.3 Å². The van der Waals surface area contributed by atoms with Gasteiger partial charge in [-0.05, 0) is 45.3 Å². The van der Waals surface area contributed by atoms with E-state index in [9.17, 15) is 9.59 Å². The molecule has 0 aliphatic heterocycles. The first-order chi connectivity index (χ1) is 12.6. The van der Waals surface area contributed by atoms with Gasteiger partial charge in [-0.2, -0.15) is 0 Å². The van der Waals surface area contributed by atoms with E-state index in [2.05, 4.69) is 21.2 Å². The van der Waals surface area contributed by atoms with Crippen LogP contribution in [0.15, 0.2) is 83.3 Å². The molecule has 1 amide bonds. The number of rotatable bonds is 5. The van der Waals surface area contributed by atoms with Crippen molar-refractivity contribution in [3.63, 3.8) is 0 Å². The molecule has 0 atom stereocenters. The van der Waals surface area contributed by atoms with Crippen LogP contribution in [0.3, 0.4) is 0 Å². The molecule has 0 aliphatic carbocycles. The number of nitrogens with one attached hydrogen (secondary N) is 1. The Morgan fingerprint density at radius 3 is 2.27 bits per heavy atom. The van der Waals surface area contributed by atoms with Crippen molar-refractivity contribution in [2.75, 3.05) is 11.9 Å². The molecule has 0 bridgehead atoms. The third kappa shape index (κ3) is 4.37. The molecule has 0 saturated heterocycles. The largest absolute Gasteiger partial charge is 0.452 e. The highest BCUT2D eigenvalue weighted by atomic mass is 79.9. The molecule has 4 nitrogen and oxygen atoms in total. The minimum atomic E-state index is -0.535. The normalized spacial score (nSPS) is 10.2. The molecule has 0 unspecified atom stereocenters. The summed E-state index contributed by atoms with van der Waals surface area (Å²) in [6, 6.07) is 24.0. The number of anilines is 1. The van der Waals surface area contributed by atoms with Crippen LogP contribution in [-0.2, 0) is 9.53 Å². The van der Waals surface area contributed by atoms with Crippen LogP contribution in [0.1, 0.15) is 10.4 Å². The zero-order chi connectivity index (χ0) is 18.4. The lowest BCUT2D eigenvalue weighted by molar-refractivity contribution is -0.119. The highest BCUT2D eigenvalue weighted by Gasteiger charge is 2.15. The highest BCUT2D eigenvalue weighted by molar-refractivity contribution is 9.10. The molecule has 0 fully saturated rings. The summed E-state index contributed by atoms with van der Waals surface area (Å²) in [5.74, 6) is -0.936. The fraction of sp³-hybridized carbons (Fsp3) is 0.0476. The molecular formula is C21H16BrNO3. The van der Waals surface area contributed by atoms with Gasteiger partial charge in [0.05, 0.1) is 11.3 Å². The van der Waals surface area contributed by atoms with Crippen LogP contribution >= 0.6 is 15.9 Å². The Labute approximate surface area is 159 Å². The standard InChI is InChI=1S/C21H16BrNO3/c22-18-12-6-7-13-19(18)23-20(24)14-26-21(25)17-11-5-4-10-16(17)15-8-2-1-3-9-15/h1-13H,14H2,(H,23,24). The van der Waals surface area contributed by atoms with E-state index in [-0.39, 0.29) is 6.61 Å². The first-order valence-corrected chi connectivity index (χ1v) is 8.80. The predicted octanol–water partition coefficient (Wildman–Crippen LogP) is 4.91. The number of carbonyl (C=O) groups is 2. The summed E-state index contributed by atoms with van der Waals surface area (Å²) in [6.45, 7) is -0.358. The van der Waals surface area contributed by atoms with Gasteiger partial charge in [-0.15, -0.1) is 0 Å². The Morgan fingerprint density at radius 1 is 0.846 bits per heavy atom. The van der Waals surface area contributed by atoms with Crippen LogP contribution < -0.4 is 5.32 Å². The molecule has 26 heavy (non-hydrogen) atoms. The Hall–Kier alpha value is -2.92. The van der Waals surface area contributed by atoms with Crippen LogP contribution in [0, 0.1) is 0 Å². The summed E-state index contributed by atoms with van der Waals surface area (Å²) in [7, 11) is 0. The second-order valence-corrected chi connectivity index (χ2v) is 6.37. The first-order valence-electron chi connectivity index (χ1n) is 8.01. The van der Waals surface area contributed by atoms with Gasteiger partial charge < -0.3 is 10.1 Å². The maximum absolute atomic E-state index is 12.5. The van der Waals surface area contributed by atoms with Gasteiger partial charge in [0.25, 0.3) is 5.91 Å². The molecule has 0 radical (unpaired) electrons. The third-order valence-electron chi connectivity index (χ3n) is 3.71. The second-order valence-electron chi connectivity index (χ2n) is 5.52. The molecular weight excluding hydrogens is 394 g/mol. The van der Waals surface area contributed by atoms with E-state index < -0.39 is 11.9 Å². The van der Waals surface area contributed by atoms with Gasteiger partial charge in [0.15, 0.2) is 6.61 Å². The number of hydrogen-bond acceptors (Lipinski definition) is 3. The van der Waals surface area contributed by atoms with Gasteiger partial charge in [-0.3, -0.25) is 4.79 Å². The molecule has 3 rings (SSSR count). The minimum Gasteiger partial charge on any atom is -0.452 e. The number of amides is 1. The van der Waals surface area contributed by atoms with E-state index >= 15 is 0 Å². The van der Waals surface area contributed by atoms with Gasteiger partial charge in [-0.25, -0.2) is 4.79 Å². The SMILES string of the molecule is O=C(COC(=O)c1ccccc1-c1ccccc1)Nc1ccccc1Br. The average Bonchev–Trinajstić information content (AvgIpc) is 2.68. The first kappa shape index (κ1) is 17.9. The van der Waals surface area contributed by atoms with Gasteiger partial charge in [0.2, 0.25) is 0 Å². The Kier molecular flexibility index (Phi) is 5.81. The van der Waals surface area contributed by atoms with Crippen molar-refractivity contribution in [3.8, 4) is 11.1 Å². The molecule has 3 aromatic rings. The summed E-state index contributed by atoms with van der Waals surface area (Å²) >= 11 is 3.35. The topological polar surface area (TPSA) is 55.4 Å². The van der Waals surface area contributed by atoms with Crippen molar-refractivity contribution >= 4 is 33.5 Å². The molecule has 130 valence electrons. The van der Waals surface area contributed by atoms with E-state index in [4.69, 9.17) is 4.74 Å². The van der Waals surface area contributed by atoms with Crippen LogP contribution in [-0.4, -0.2) is 18.5 Å². The number of halogens is 1. The van der Waals surface area contributed by atoms with E-state index in [1.54, 1.807) is 18.2 Å². The summed E-state index contributed by atoms with van der Waals surface area (Å²) in [6.07, 6.45) is 0. The maximum atomic E-state index is 12.5. The van der Waals surface area contributed by atoms with E-state index in [1.807, 2.05) is 60.7 Å². The van der Waals surface area contributed by atoms with Crippen LogP contribution in [0.5, 0.6) is 0 Å². The van der Waals surface area contributed by atoms with Crippen molar-refractivity contribution in [1.29, 1.82) is 0 Å². The fourth-order valence-corrected chi connectivity index (χ4v) is 2.87. The number of carbonyl (C=O) groups excluding carboxylic acids is 2. The van der Waals surface area contributed by atoms with Crippen LogP contribution in [0.25, 0.3) is 11.1 Å². The number of benzene rings is 3. The monoisotopic (exact) mass is 409 g/mol. The molecule has 3 aromatic carbocycles. The molecule has 1 N–H and O–H groups in total. The molecule has 0 aliphatic rings. The molecule has 5 heteroatoms. The maximum Gasteiger partial charge on any atom is 0.339 e. The van der Waals surface area contributed by atoms with E-state index in [1.165, 1.54) is 0 Å². The van der Waals surface area contributed by atoms with Crippen LogP contribution in [0.4, 0.5) is 5.69 Å². The predicted molar refractivity (Wildman–Crippen MR) is 105 cm³/mol. The van der Waals surface area contributed by atoms with Crippen molar-refractivity contribution in [3.05, 3.63) is 88.9 Å². The van der Waals surface area contributed by atoms with Gasteiger partial charge in [-0.1, -0.05) is 60.7 Å². The second kappa shape index (κ2) is 8.45. The Balaban J connectivity index is 1.68. The van der Waals surface area contributed by atoms with Crippen molar-refractivity contribution in [2.24, 2.45) is 0 Å². The lowest BCUT2D eigenvalue weighted by Gasteiger charge is -2.10. The lowest BCUT2D eigenvalue weighted by atomic mass is 10.00. The summed E-state index contributed by atoms with van der Waals surface area (Å²) in [4.78, 5) is 24.5. The third-order valence-corrected chi connectivity index (χ3v) is 4.41. The Morgan fingerprint density at radius 2 is 1.50 bits per heavy atom. The number of hydrogen-bond donors (Lipinski definition) is 1. The van der Waals surface area contributed by atoms with Crippen molar-refractivity contribution in [1.82, 2.24) is 0 Å². The summed E-state index contributed by atoms with van der Waals surface area (Å²) in [5, 5.41) is 2.70. The van der Waals surface area contributed by atoms with Gasteiger partial charge in [0, 0.05) is 4.47 Å². The molecule has 0 saturated carbocycles. The smallest absolute Gasteiger partial charge is 0.339 e. The molecule has 0 aromatic heterocycles. The summed E-state index contributed by atoms with van der Waals surface area (Å²) in [5.41, 5.74) is 2.73. The van der Waals surface area contributed by atoms with Gasteiger partial charge in [0.1, 0.15) is 0 Å². The molecule has 0 spiro atoms. The molecule has 0 heterocycles. The lowest BCUT2D eigenvalue weighted by Crippen LogP contribution is -2.21. The zero-order valence-corrected chi connectivity index (χ0v) is 15.4. The van der Waals surface area contributed by atoms with Crippen molar-refractivity contribution in [2.45, 2.75) is 0 Å². The Bertz CT molecular complexity index is 925. The van der Waals surface area contributed by atoms with E-state index in [0.717, 1.165) is 15.6 Å². The summed E-state index contributed by atoms with van der Waals surface area (Å²) < 4.78 is 5.96. The average molecular weight is 410 g/mol. The van der Waals surface area contributed by atoms with Gasteiger partial charge >= 0.3 is 5.97 Å². The minimum absolute atomic E-state index is 0.358. The number of ether oxygens (including phenoxy) is 1. The van der Waals surface area contributed by atoms with Crippen LogP contribution in [0.2, 0.25) is 0 Å². The zero-order valence-electron chi connectivity index (χ0n) is 13.8. The quantitative estimate of drug-likeness (QED) is 0.608.